The topological polar surface area (TPSA) is 85.8 Å². The zero-order chi connectivity index (χ0) is 19.1. The van der Waals surface area contributed by atoms with E-state index in [4.69, 9.17) is 14.2 Å². The second-order valence-electron chi connectivity index (χ2n) is 6.05. The van der Waals surface area contributed by atoms with Gasteiger partial charge in [-0.25, -0.2) is 9.97 Å². The number of rotatable bonds is 7. The zero-order valence-corrected chi connectivity index (χ0v) is 15.6. The van der Waals surface area contributed by atoms with Crippen molar-refractivity contribution in [1.82, 2.24) is 15.3 Å². The quantitative estimate of drug-likeness (QED) is 0.784. The van der Waals surface area contributed by atoms with Gasteiger partial charge < -0.3 is 24.4 Å². The summed E-state index contributed by atoms with van der Waals surface area (Å²) in [4.78, 5) is 22.9. The van der Waals surface area contributed by atoms with Gasteiger partial charge in [-0.2, -0.15) is 0 Å². The molecule has 144 valence electrons. The van der Waals surface area contributed by atoms with E-state index in [-0.39, 0.29) is 5.91 Å². The van der Waals surface area contributed by atoms with Crippen LogP contribution in [0.3, 0.4) is 0 Å². The van der Waals surface area contributed by atoms with Crippen LogP contribution in [0.15, 0.2) is 30.6 Å². The Morgan fingerprint density at radius 2 is 1.93 bits per heavy atom. The van der Waals surface area contributed by atoms with E-state index >= 15 is 0 Å². The second-order valence-corrected chi connectivity index (χ2v) is 6.05. The molecule has 0 saturated carbocycles. The maximum absolute atomic E-state index is 12.3. The summed E-state index contributed by atoms with van der Waals surface area (Å²) < 4.78 is 15.8. The van der Waals surface area contributed by atoms with Crippen LogP contribution in [0.1, 0.15) is 16.1 Å². The molecule has 8 nitrogen and oxygen atoms in total. The number of nitrogens with zero attached hydrogens (tertiary/aromatic N) is 3. The number of amides is 1. The molecule has 1 aromatic carbocycles. The first-order chi connectivity index (χ1) is 13.2. The van der Waals surface area contributed by atoms with Crippen LogP contribution in [0.2, 0.25) is 0 Å². The van der Waals surface area contributed by atoms with Gasteiger partial charge in [-0.3, -0.25) is 4.79 Å². The fourth-order valence-electron chi connectivity index (χ4n) is 2.84. The number of anilines is 1. The van der Waals surface area contributed by atoms with E-state index in [9.17, 15) is 4.79 Å². The minimum Gasteiger partial charge on any atom is -0.493 e. The summed E-state index contributed by atoms with van der Waals surface area (Å²) >= 11 is 0. The lowest BCUT2D eigenvalue weighted by molar-refractivity contribution is 0.0948. The van der Waals surface area contributed by atoms with Crippen LogP contribution < -0.4 is 19.7 Å². The van der Waals surface area contributed by atoms with Gasteiger partial charge in [-0.05, 0) is 24.1 Å². The summed E-state index contributed by atoms with van der Waals surface area (Å²) in [6.07, 6.45) is 3.82. The van der Waals surface area contributed by atoms with E-state index < -0.39 is 0 Å². The molecule has 0 spiro atoms. The third kappa shape index (κ3) is 4.85. The molecule has 1 aliphatic heterocycles. The monoisotopic (exact) mass is 372 g/mol. The Kier molecular flexibility index (Phi) is 6.43. The highest BCUT2D eigenvalue weighted by Gasteiger charge is 2.14. The lowest BCUT2D eigenvalue weighted by Crippen LogP contribution is -2.37. The third-order valence-electron chi connectivity index (χ3n) is 4.35. The molecule has 1 aliphatic rings. The summed E-state index contributed by atoms with van der Waals surface area (Å²) in [5, 5.41) is 2.87. The Bertz CT molecular complexity index is 761. The number of ether oxygens (including phenoxy) is 3. The van der Waals surface area contributed by atoms with Crippen LogP contribution in [-0.4, -0.2) is 62.9 Å². The lowest BCUT2D eigenvalue weighted by Gasteiger charge is -2.27. The number of nitrogens with one attached hydrogen (secondary N) is 1. The average molecular weight is 372 g/mol. The van der Waals surface area contributed by atoms with Crippen molar-refractivity contribution in [2.45, 2.75) is 6.42 Å². The minimum atomic E-state index is -0.239. The summed E-state index contributed by atoms with van der Waals surface area (Å²) in [5.74, 6) is 1.88. The van der Waals surface area contributed by atoms with Crippen LogP contribution in [0, 0.1) is 0 Å². The molecule has 27 heavy (non-hydrogen) atoms. The van der Waals surface area contributed by atoms with Gasteiger partial charge in [0.1, 0.15) is 11.5 Å². The van der Waals surface area contributed by atoms with Gasteiger partial charge in [0.25, 0.3) is 5.91 Å². The Balaban J connectivity index is 1.52. The Morgan fingerprint density at radius 1 is 1.15 bits per heavy atom. The number of hydrogen-bond donors (Lipinski definition) is 1. The van der Waals surface area contributed by atoms with Crippen molar-refractivity contribution in [3.05, 3.63) is 41.9 Å². The molecule has 0 atom stereocenters. The maximum atomic E-state index is 12.3. The molecule has 0 aliphatic carbocycles. The fourth-order valence-corrected chi connectivity index (χ4v) is 2.84. The fraction of sp³-hybridized carbons (Fsp3) is 0.421. The molecule has 1 saturated heterocycles. The van der Waals surface area contributed by atoms with Crippen molar-refractivity contribution in [2.24, 2.45) is 0 Å². The number of carbonyl (C=O) groups excluding carboxylic acids is 1. The second kappa shape index (κ2) is 9.18. The highest BCUT2D eigenvalue weighted by molar-refractivity contribution is 5.92. The maximum Gasteiger partial charge on any atom is 0.271 e. The van der Waals surface area contributed by atoms with Gasteiger partial charge in [0.15, 0.2) is 11.5 Å². The van der Waals surface area contributed by atoms with Crippen LogP contribution in [0.4, 0.5) is 5.82 Å². The summed E-state index contributed by atoms with van der Waals surface area (Å²) in [7, 11) is 3.20. The number of carbonyl (C=O) groups is 1. The molecule has 0 bridgehead atoms. The first kappa shape index (κ1) is 18.9. The van der Waals surface area contributed by atoms with Crippen molar-refractivity contribution in [3.8, 4) is 11.5 Å². The summed E-state index contributed by atoms with van der Waals surface area (Å²) in [6.45, 7) is 3.42. The Hall–Kier alpha value is -2.87. The van der Waals surface area contributed by atoms with E-state index in [2.05, 4.69) is 20.2 Å². The predicted octanol–water partition coefficient (Wildman–Crippen LogP) is 1.30. The smallest absolute Gasteiger partial charge is 0.271 e. The van der Waals surface area contributed by atoms with Crippen LogP contribution in [-0.2, 0) is 11.2 Å². The Labute approximate surface area is 158 Å². The average Bonchev–Trinajstić information content (AvgIpc) is 2.74. The molecule has 1 amide bonds. The lowest BCUT2D eigenvalue weighted by atomic mass is 10.1. The highest BCUT2D eigenvalue weighted by atomic mass is 16.5. The van der Waals surface area contributed by atoms with Gasteiger partial charge in [-0.15, -0.1) is 0 Å². The molecule has 8 heteroatoms. The van der Waals surface area contributed by atoms with Crippen LogP contribution in [0.5, 0.6) is 11.5 Å². The number of aromatic nitrogens is 2. The van der Waals surface area contributed by atoms with Gasteiger partial charge in [0.05, 0.1) is 39.8 Å². The number of methoxy groups -OCH3 is 2. The molecule has 1 N–H and O–H groups in total. The summed E-state index contributed by atoms with van der Waals surface area (Å²) in [6, 6.07) is 5.71. The Morgan fingerprint density at radius 3 is 2.59 bits per heavy atom. The highest BCUT2D eigenvalue weighted by Crippen LogP contribution is 2.27. The first-order valence-corrected chi connectivity index (χ1v) is 8.85. The van der Waals surface area contributed by atoms with Crippen LogP contribution >= 0.6 is 0 Å². The minimum absolute atomic E-state index is 0.239. The van der Waals surface area contributed by atoms with Gasteiger partial charge >= 0.3 is 0 Å². The number of hydrogen-bond acceptors (Lipinski definition) is 7. The van der Waals surface area contributed by atoms with Crippen molar-refractivity contribution in [3.63, 3.8) is 0 Å². The molecule has 1 aromatic heterocycles. The molecule has 2 heterocycles. The predicted molar refractivity (Wildman–Crippen MR) is 101 cm³/mol. The van der Waals surface area contributed by atoms with Gasteiger partial charge in [-0.1, -0.05) is 6.07 Å². The molecule has 3 rings (SSSR count). The number of morpholine rings is 1. The first-order valence-electron chi connectivity index (χ1n) is 8.85. The standard InChI is InChI=1S/C19H24N4O4/c1-25-16-4-3-14(11-17(16)26-2)5-6-20-19(24)15-12-22-18(13-21-15)23-7-9-27-10-8-23/h3-4,11-13H,5-10H2,1-2H3,(H,20,24). The van der Waals surface area contributed by atoms with Crippen molar-refractivity contribution >= 4 is 11.7 Å². The van der Waals surface area contributed by atoms with Crippen molar-refractivity contribution in [2.75, 3.05) is 52.0 Å². The van der Waals surface area contributed by atoms with Crippen molar-refractivity contribution < 1.29 is 19.0 Å². The molecule has 1 fully saturated rings. The van der Waals surface area contributed by atoms with E-state index in [0.29, 0.717) is 43.4 Å². The van der Waals surface area contributed by atoms with E-state index in [0.717, 1.165) is 24.5 Å². The largest absolute Gasteiger partial charge is 0.493 e. The van der Waals surface area contributed by atoms with Crippen molar-refractivity contribution in [1.29, 1.82) is 0 Å². The molecular formula is C19H24N4O4. The van der Waals surface area contributed by atoms with Crippen LogP contribution in [0.25, 0.3) is 0 Å². The normalized spacial score (nSPS) is 13.9. The van der Waals surface area contributed by atoms with Gasteiger partial charge in [0.2, 0.25) is 0 Å². The molecule has 2 aromatic rings. The molecule has 0 radical (unpaired) electrons. The third-order valence-corrected chi connectivity index (χ3v) is 4.35. The van der Waals surface area contributed by atoms with E-state index in [1.54, 1.807) is 20.4 Å². The zero-order valence-electron chi connectivity index (χ0n) is 15.6. The van der Waals surface area contributed by atoms with E-state index in [1.165, 1.54) is 6.20 Å². The van der Waals surface area contributed by atoms with Gasteiger partial charge in [0, 0.05) is 19.6 Å². The SMILES string of the molecule is COc1ccc(CCNC(=O)c2cnc(N3CCOCC3)cn2)cc1OC. The van der Waals surface area contributed by atoms with E-state index in [1.807, 2.05) is 18.2 Å². The molecule has 0 unspecified atom stereocenters. The molecular weight excluding hydrogens is 348 g/mol. The number of benzene rings is 1. The summed E-state index contributed by atoms with van der Waals surface area (Å²) in [5.41, 5.74) is 1.35.